The van der Waals surface area contributed by atoms with E-state index >= 15 is 0 Å². The summed E-state index contributed by atoms with van der Waals surface area (Å²) in [5.41, 5.74) is 29.6. The van der Waals surface area contributed by atoms with Gasteiger partial charge in [-0.15, -0.1) is 0 Å². The van der Waals surface area contributed by atoms with Gasteiger partial charge in [-0.05, 0) is 38.6 Å². The number of ether oxygens (including phenoxy) is 4. The summed E-state index contributed by atoms with van der Waals surface area (Å²) >= 11 is 0. The van der Waals surface area contributed by atoms with Gasteiger partial charge in [-0.3, -0.25) is 4.79 Å². The second-order valence-corrected chi connectivity index (χ2v) is 10.5. The van der Waals surface area contributed by atoms with E-state index in [1.807, 2.05) is 0 Å². The Morgan fingerprint density at radius 3 is 2.28 bits per heavy atom. The first-order chi connectivity index (χ1) is 18.5. The molecule has 3 rings (SSSR count). The van der Waals surface area contributed by atoms with Gasteiger partial charge in [-0.1, -0.05) is 0 Å². The zero-order valence-electron chi connectivity index (χ0n) is 21.9. The molecule has 0 radical (unpaired) electrons. The highest BCUT2D eigenvalue weighted by Gasteiger charge is 2.51. The first-order valence-electron chi connectivity index (χ1n) is 13.4. The molecule has 6 unspecified atom stereocenters. The van der Waals surface area contributed by atoms with Crippen molar-refractivity contribution in [1.29, 1.82) is 0 Å². The quantitative estimate of drug-likeness (QED) is 0.111. The molecule has 3 aliphatic rings. The number of aliphatic hydroxyl groups is 5. The SMILES string of the molecule is NCCC[C@H](O)C(=O)N[C@@H]1C[C@H](N)C(O[C@H]2OC(CN)CCC2N)C(O)[C@H]1O[C@H]1OC(CO)[C@H](O)[C@H](N)C1O. The smallest absolute Gasteiger partial charge is 0.249 e. The topological polar surface area (TPSA) is 297 Å². The molecule has 0 aromatic rings. The van der Waals surface area contributed by atoms with Crippen molar-refractivity contribution in [2.45, 2.75) is 118 Å². The first-order valence-corrected chi connectivity index (χ1v) is 13.4. The standard InChI is InChI=1S/C23H46N6O10/c24-5-1-2-13(31)21(35)29-12-6-11(27)19(38-22-10(26)4-3-9(7-25)36-22)18(34)20(12)39-23-17(33)15(28)16(32)14(8-30)37-23/h9-20,22-23,30-34H,1-8,24-28H2,(H,29,35)/t9?,10?,11-,12+,13-,14?,15-,16-,17?,18?,19?,20-,22+,23+/m0/s1. The lowest BCUT2D eigenvalue weighted by Gasteiger charge is -2.48. The number of nitrogens with one attached hydrogen (secondary N) is 1. The minimum atomic E-state index is -1.54. The Labute approximate surface area is 227 Å². The van der Waals surface area contributed by atoms with Crippen LogP contribution in [-0.2, 0) is 23.7 Å². The van der Waals surface area contributed by atoms with E-state index in [1.54, 1.807) is 0 Å². The van der Waals surface area contributed by atoms with Crippen LogP contribution >= 0.6 is 0 Å². The molecule has 2 saturated heterocycles. The van der Waals surface area contributed by atoms with E-state index in [2.05, 4.69) is 5.32 Å². The summed E-state index contributed by atoms with van der Waals surface area (Å²) in [6.07, 6.45) is -10.2. The van der Waals surface area contributed by atoms with Crippen molar-refractivity contribution in [1.82, 2.24) is 5.32 Å². The lowest BCUT2D eigenvalue weighted by molar-refractivity contribution is -0.314. The molecule has 0 aromatic carbocycles. The van der Waals surface area contributed by atoms with Gasteiger partial charge in [0.15, 0.2) is 12.6 Å². The first kappa shape index (κ1) is 32.4. The van der Waals surface area contributed by atoms with Crippen LogP contribution in [0.15, 0.2) is 0 Å². The summed E-state index contributed by atoms with van der Waals surface area (Å²) in [7, 11) is 0. The fraction of sp³-hybridized carbons (Fsp3) is 0.957. The van der Waals surface area contributed by atoms with Crippen LogP contribution in [0.4, 0.5) is 0 Å². The zero-order valence-corrected chi connectivity index (χ0v) is 21.9. The number of nitrogens with two attached hydrogens (primary N) is 5. The number of aliphatic hydroxyl groups excluding tert-OH is 5. The van der Waals surface area contributed by atoms with Crippen molar-refractivity contribution in [2.75, 3.05) is 19.7 Å². The predicted molar refractivity (Wildman–Crippen MR) is 135 cm³/mol. The average molecular weight is 567 g/mol. The predicted octanol–water partition coefficient (Wildman–Crippen LogP) is -6.01. The molecule has 16 nitrogen and oxygen atoms in total. The molecule has 0 aromatic heterocycles. The van der Waals surface area contributed by atoms with Crippen LogP contribution in [0.5, 0.6) is 0 Å². The maximum Gasteiger partial charge on any atom is 0.249 e. The van der Waals surface area contributed by atoms with E-state index < -0.39 is 92.0 Å². The van der Waals surface area contributed by atoms with Gasteiger partial charge in [0, 0.05) is 12.6 Å². The van der Waals surface area contributed by atoms with Crippen LogP contribution in [0.1, 0.15) is 32.1 Å². The van der Waals surface area contributed by atoms with E-state index in [0.29, 0.717) is 19.3 Å². The van der Waals surface area contributed by atoms with E-state index in [1.165, 1.54) is 0 Å². The van der Waals surface area contributed by atoms with Crippen LogP contribution in [0.2, 0.25) is 0 Å². The Morgan fingerprint density at radius 1 is 0.949 bits per heavy atom. The number of rotatable bonds is 11. The summed E-state index contributed by atoms with van der Waals surface area (Å²) < 4.78 is 23.3. The van der Waals surface area contributed by atoms with Gasteiger partial charge in [0.25, 0.3) is 0 Å². The van der Waals surface area contributed by atoms with Crippen LogP contribution in [0.25, 0.3) is 0 Å². The normalized spacial score (nSPS) is 44.1. The molecule has 0 spiro atoms. The van der Waals surface area contributed by atoms with Crippen molar-refractivity contribution in [2.24, 2.45) is 28.7 Å². The molecule has 16 N–H and O–H groups in total. The van der Waals surface area contributed by atoms with Crippen molar-refractivity contribution in [3.05, 3.63) is 0 Å². The number of amides is 1. The highest BCUT2D eigenvalue weighted by atomic mass is 16.7. The van der Waals surface area contributed by atoms with E-state index in [0.717, 1.165) is 0 Å². The van der Waals surface area contributed by atoms with Crippen LogP contribution in [0, 0.1) is 0 Å². The highest BCUT2D eigenvalue weighted by Crippen LogP contribution is 2.31. The second kappa shape index (κ2) is 14.7. The van der Waals surface area contributed by atoms with Gasteiger partial charge in [-0.25, -0.2) is 0 Å². The summed E-state index contributed by atoms with van der Waals surface area (Å²) in [5.74, 6) is -0.727. The molecule has 3 fully saturated rings. The van der Waals surface area contributed by atoms with Crippen molar-refractivity contribution in [3.63, 3.8) is 0 Å². The molecular formula is C23H46N6O10. The van der Waals surface area contributed by atoms with Crippen molar-refractivity contribution in [3.8, 4) is 0 Å². The fourth-order valence-electron chi connectivity index (χ4n) is 5.18. The third-order valence-electron chi connectivity index (χ3n) is 7.61. The van der Waals surface area contributed by atoms with Gasteiger partial charge >= 0.3 is 0 Å². The van der Waals surface area contributed by atoms with Crippen LogP contribution in [0.3, 0.4) is 0 Å². The Hall–Kier alpha value is -1.09. The summed E-state index contributed by atoms with van der Waals surface area (Å²) in [4.78, 5) is 12.7. The monoisotopic (exact) mass is 566 g/mol. The molecule has 39 heavy (non-hydrogen) atoms. The minimum Gasteiger partial charge on any atom is -0.394 e. The summed E-state index contributed by atoms with van der Waals surface area (Å²) in [6, 6.07) is -3.52. The highest BCUT2D eigenvalue weighted by molar-refractivity contribution is 5.80. The Kier molecular flexibility index (Phi) is 12.2. The Morgan fingerprint density at radius 2 is 1.64 bits per heavy atom. The van der Waals surface area contributed by atoms with Crippen LogP contribution in [-0.4, -0.2) is 137 Å². The molecule has 1 amide bonds. The van der Waals surface area contributed by atoms with E-state index in [9.17, 15) is 30.3 Å². The zero-order chi connectivity index (χ0) is 28.9. The van der Waals surface area contributed by atoms with E-state index in [4.69, 9.17) is 47.6 Å². The molecule has 2 heterocycles. The molecule has 1 aliphatic carbocycles. The molecular weight excluding hydrogens is 520 g/mol. The maximum atomic E-state index is 12.7. The number of carbonyl (C=O) groups is 1. The van der Waals surface area contributed by atoms with Gasteiger partial charge < -0.3 is 78.5 Å². The largest absolute Gasteiger partial charge is 0.394 e. The maximum absolute atomic E-state index is 12.7. The van der Waals surface area contributed by atoms with Gasteiger partial charge in [0.05, 0.1) is 30.8 Å². The van der Waals surface area contributed by atoms with Crippen molar-refractivity contribution >= 4 is 5.91 Å². The lowest BCUT2D eigenvalue weighted by atomic mass is 9.83. The molecule has 16 heteroatoms. The van der Waals surface area contributed by atoms with Crippen molar-refractivity contribution < 1.29 is 49.3 Å². The Bertz CT molecular complexity index is 771. The minimum absolute atomic E-state index is 0.0327. The molecule has 14 atom stereocenters. The molecule has 0 bridgehead atoms. The third kappa shape index (κ3) is 7.81. The van der Waals surface area contributed by atoms with Gasteiger partial charge in [0.1, 0.15) is 42.7 Å². The molecule has 2 aliphatic heterocycles. The molecule has 228 valence electrons. The third-order valence-corrected chi connectivity index (χ3v) is 7.61. The average Bonchev–Trinajstić information content (AvgIpc) is 2.92. The number of hydrogen-bond acceptors (Lipinski definition) is 15. The number of hydrogen-bond donors (Lipinski definition) is 11. The van der Waals surface area contributed by atoms with E-state index in [-0.39, 0.29) is 32.0 Å². The van der Waals surface area contributed by atoms with Gasteiger partial charge in [-0.2, -0.15) is 0 Å². The molecule has 1 saturated carbocycles. The summed E-state index contributed by atoms with van der Waals surface area (Å²) in [6.45, 7) is -0.0707. The Balaban J connectivity index is 1.81. The second-order valence-electron chi connectivity index (χ2n) is 10.5. The summed E-state index contributed by atoms with van der Waals surface area (Å²) in [5, 5.41) is 54.7. The fourth-order valence-corrected chi connectivity index (χ4v) is 5.18. The lowest BCUT2D eigenvalue weighted by Crippen LogP contribution is -2.69. The van der Waals surface area contributed by atoms with Gasteiger partial charge in [0.2, 0.25) is 5.91 Å². The number of carbonyl (C=O) groups excluding carboxylic acids is 1. The van der Waals surface area contributed by atoms with Crippen LogP contribution < -0.4 is 34.0 Å².